The van der Waals surface area contributed by atoms with Crippen LogP contribution in [0.15, 0.2) is 40.6 Å². The van der Waals surface area contributed by atoms with E-state index in [0.717, 1.165) is 54.1 Å². The van der Waals surface area contributed by atoms with Gasteiger partial charge in [0.25, 0.3) is 5.56 Å². The summed E-state index contributed by atoms with van der Waals surface area (Å²) in [6, 6.07) is 8.31. The second kappa shape index (κ2) is 7.40. The third-order valence-corrected chi connectivity index (χ3v) is 7.04. The van der Waals surface area contributed by atoms with Gasteiger partial charge in [-0.25, -0.2) is 4.98 Å². The first-order chi connectivity index (χ1) is 15.1. The van der Waals surface area contributed by atoms with E-state index in [0.29, 0.717) is 28.5 Å². The van der Waals surface area contributed by atoms with Crippen molar-refractivity contribution in [1.29, 1.82) is 0 Å². The van der Waals surface area contributed by atoms with Gasteiger partial charge >= 0.3 is 0 Å². The monoisotopic (exact) mass is 434 g/mol. The van der Waals surface area contributed by atoms with Crippen LogP contribution in [0.2, 0.25) is 0 Å². The Labute approximate surface area is 182 Å². The van der Waals surface area contributed by atoms with Crippen LogP contribution >= 0.6 is 11.3 Å². The standard InChI is InChI=1S/C23H22N4O3S/c1-13-6-17(30-16-2-4-27(10-16)15-11-29-12-15)8-18-21(13)25-22(26-23(18)28)19-7-14-3-5-31-20(14)9-24-19/h3,5-9,15-16H,2,4,10-12H2,1H3,(H,25,26,28)/t16-/m1/s1. The molecule has 1 aromatic carbocycles. The molecule has 31 heavy (non-hydrogen) atoms. The summed E-state index contributed by atoms with van der Waals surface area (Å²) in [4.78, 5) is 27.5. The number of hydrogen-bond donors (Lipinski definition) is 1. The number of H-pyrrole nitrogens is 1. The minimum absolute atomic E-state index is 0.130. The van der Waals surface area contributed by atoms with E-state index in [1.165, 1.54) is 0 Å². The Kier molecular flexibility index (Phi) is 4.52. The Balaban J connectivity index is 1.31. The SMILES string of the molecule is Cc1cc(O[C@@H]2CCN(C3COC3)C2)cc2c(=O)[nH]c(-c3cc4ccsc4cn3)nc12. The number of aromatic amines is 1. The molecule has 7 nitrogen and oxygen atoms in total. The number of benzene rings is 1. The van der Waals surface area contributed by atoms with Crippen LogP contribution in [0.25, 0.3) is 32.5 Å². The van der Waals surface area contributed by atoms with Gasteiger partial charge in [0.1, 0.15) is 17.5 Å². The van der Waals surface area contributed by atoms with Crippen LogP contribution in [0.1, 0.15) is 12.0 Å². The van der Waals surface area contributed by atoms with Crippen molar-refractivity contribution in [1.82, 2.24) is 19.9 Å². The number of thiophene rings is 1. The number of pyridine rings is 1. The van der Waals surface area contributed by atoms with Crippen molar-refractivity contribution in [2.45, 2.75) is 25.5 Å². The number of hydrogen-bond acceptors (Lipinski definition) is 7. The van der Waals surface area contributed by atoms with E-state index in [9.17, 15) is 4.79 Å². The summed E-state index contributed by atoms with van der Waals surface area (Å²) in [6.07, 6.45) is 2.94. The van der Waals surface area contributed by atoms with E-state index in [4.69, 9.17) is 14.5 Å². The lowest BCUT2D eigenvalue weighted by molar-refractivity contribution is -0.0592. The van der Waals surface area contributed by atoms with Gasteiger partial charge in [-0.2, -0.15) is 0 Å². The van der Waals surface area contributed by atoms with Gasteiger partial charge in [0.05, 0.1) is 34.9 Å². The molecule has 0 saturated carbocycles. The number of fused-ring (bicyclic) bond motifs is 2. The van der Waals surface area contributed by atoms with E-state index >= 15 is 0 Å². The fourth-order valence-corrected chi connectivity index (χ4v) is 5.12. The lowest BCUT2D eigenvalue weighted by atomic mass is 10.1. The van der Waals surface area contributed by atoms with Crippen LogP contribution in [-0.2, 0) is 4.74 Å². The van der Waals surface area contributed by atoms with E-state index in [2.05, 4.69) is 14.9 Å². The maximum Gasteiger partial charge on any atom is 0.259 e. The van der Waals surface area contributed by atoms with Crippen LogP contribution in [0.5, 0.6) is 5.75 Å². The first-order valence-electron chi connectivity index (χ1n) is 10.5. The van der Waals surface area contributed by atoms with Gasteiger partial charge < -0.3 is 14.5 Å². The Morgan fingerprint density at radius 3 is 3.03 bits per heavy atom. The summed E-state index contributed by atoms with van der Waals surface area (Å²) in [7, 11) is 0. The largest absolute Gasteiger partial charge is 0.489 e. The molecule has 4 aromatic rings. The van der Waals surface area contributed by atoms with Gasteiger partial charge in [0, 0.05) is 19.3 Å². The zero-order valence-corrected chi connectivity index (χ0v) is 17.9. The van der Waals surface area contributed by atoms with E-state index < -0.39 is 0 Å². The minimum atomic E-state index is -0.180. The highest BCUT2D eigenvalue weighted by Gasteiger charge is 2.33. The smallest absolute Gasteiger partial charge is 0.259 e. The number of aromatic nitrogens is 3. The molecule has 0 unspecified atom stereocenters. The molecule has 0 radical (unpaired) electrons. The summed E-state index contributed by atoms with van der Waals surface area (Å²) in [5.41, 5.74) is 2.08. The van der Waals surface area contributed by atoms with Crippen molar-refractivity contribution >= 4 is 32.3 Å². The minimum Gasteiger partial charge on any atom is -0.489 e. The van der Waals surface area contributed by atoms with Gasteiger partial charge in [0.15, 0.2) is 5.82 Å². The molecule has 0 aliphatic carbocycles. The Hall–Kier alpha value is -2.81. The van der Waals surface area contributed by atoms with E-state index in [1.54, 1.807) is 11.3 Å². The summed E-state index contributed by atoms with van der Waals surface area (Å²) >= 11 is 1.64. The molecule has 5 heterocycles. The summed E-state index contributed by atoms with van der Waals surface area (Å²) < 4.78 is 12.7. The van der Waals surface area contributed by atoms with Crippen LogP contribution in [0.4, 0.5) is 0 Å². The molecule has 1 atom stereocenters. The zero-order valence-electron chi connectivity index (χ0n) is 17.1. The molecule has 2 aliphatic heterocycles. The van der Waals surface area contributed by atoms with Crippen molar-refractivity contribution < 1.29 is 9.47 Å². The molecule has 2 fully saturated rings. The lowest BCUT2D eigenvalue weighted by Crippen LogP contribution is -2.48. The van der Waals surface area contributed by atoms with Gasteiger partial charge in [0.2, 0.25) is 0 Å². The quantitative estimate of drug-likeness (QED) is 0.531. The molecule has 0 bridgehead atoms. The van der Waals surface area contributed by atoms with E-state index in [-0.39, 0.29) is 11.7 Å². The molecule has 158 valence electrons. The Morgan fingerprint density at radius 2 is 2.19 bits per heavy atom. The number of likely N-dealkylation sites (tertiary alicyclic amines) is 1. The van der Waals surface area contributed by atoms with Gasteiger partial charge in [-0.15, -0.1) is 11.3 Å². The molecule has 2 aliphatic rings. The molecule has 0 spiro atoms. The average molecular weight is 435 g/mol. The van der Waals surface area contributed by atoms with Crippen LogP contribution in [-0.4, -0.2) is 58.3 Å². The molecule has 0 amide bonds. The van der Waals surface area contributed by atoms with Crippen molar-refractivity contribution in [3.8, 4) is 17.3 Å². The second-order valence-electron chi connectivity index (χ2n) is 8.29. The summed E-state index contributed by atoms with van der Waals surface area (Å²) in [5, 5.41) is 3.66. The maximum atomic E-state index is 12.9. The summed E-state index contributed by atoms with van der Waals surface area (Å²) in [5.74, 6) is 1.20. The lowest BCUT2D eigenvalue weighted by Gasteiger charge is -2.34. The second-order valence-corrected chi connectivity index (χ2v) is 9.24. The van der Waals surface area contributed by atoms with Gasteiger partial charge in [-0.1, -0.05) is 0 Å². The van der Waals surface area contributed by atoms with Crippen molar-refractivity contribution in [2.24, 2.45) is 0 Å². The van der Waals surface area contributed by atoms with Crippen LogP contribution < -0.4 is 10.3 Å². The highest BCUT2D eigenvalue weighted by Crippen LogP contribution is 2.28. The molecule has 2 saturated heterocycles. The predicted octanol–water partition coefficient (Wildman–Crippen LogP) is 3.36. The number of ether oxygens (including phenoxy) is 2. The number of nitrogens with one attached hydrogen (secondary N) is 1. The van der Waals surface area contributed by atoms with Crippen LogP contribution in [0, 0.1) is 6.92 Å². The fourth-order valence-electron chi connectivity index (χ4n) is 4.38. The van der Waals surface area contributed by atoms with Crippen molar-refractivity contribution in [2.75, 3.05) is 26.3 Å². The third-order valence-electron chi connectivity index (χ3n) is 6.17. The first-order valence-corrected chi connectivity index (χ1v) is 11.4. The van der Waals surface area contributed by atoms with E-state index in [1.807, 2.05) is 42.8 Å². The maximum absolute atomic E-state index is 12.9. The predicted molar refractivity (Wildman–Crippen MR) is 121 cm³/mol. The summed E-state index contributed by atoms with van der Waals surface area (Å²) in [6.45, 7) is 5.53. The average Bonchev–Trinajstić information content (AvgIpc) is 3.36. The molecule has 6 rings (SSSR count). The molecule has 1 N–H and O–H groups in total. The molecular weight excluding hydrogens is 412 g/mol. The molecule has 8 heteroatoms. The number of aryl methyl sites for hydroxylation is 1. The number of nitrogens with zero attached hydrogens (tertiary/aromatic N) is 3. The number of rotatable bonds is 4. The Morgan fingerprint density at radius 1 is 1.29 bits per heavy atom. The van der Waals surface area contributed by atoms with Crippen molar-refractivity contribution in [3.63, 3.8) is 0 Å². The molecular formula is C23H22N4O3S. The van der Waals surface area contributed by atoms with Crippen molar-refractivity contribution in [3.05, 3.63) is 51.8 Å². The zero-order chi connectivity index (χ0) is 20.9. The Bertz CT molecular complexity index is 1340. The van der Waals surface area contributed by atoms with Gasteiger partial charge in [-0.05, 0) is 53.9 Å². The normalized spacial score (nSPS) is 19.8. The third kappa shape index (κ3) is 3.40. The topological polar surface area (TPSA) is 80.3 Å². The first kappa shape index (κ1) is 18.9. The fraction of sp³-hybridized carbons (Fsp3) is 0.348. The molecule has 3 aromatic heterocycles. The highest BCUT2D eigenvalue weighted by atomic mass is 32.1. The highest BCUT2D eigenvalue weighted by molar-refractivity contribution is 7.17. The van der Waals surface area contributed by atoms with Crippen LogP contribution in [0.3, 0.4) is 0 Å². The van der Waals surface area contributed by atoms with Gasteiger partial charge in [-0.3, -0.25) is 14.7 Å².